The number of rotatable bonds is 5. The molecule has 0 aliphatic heterocycles. The Labute approximate surface area is 122 Å². The van der Waals surface area contributed by atoms with E-state index in [0.29, 0.717) is 19.1 Å². The number of methoxy groups -OCH3 is 1. The third-order valence-electron chi connectivity index (χ3n) is 3.32. The number of nitrogens with zero attached hydrogens (tertiary/aromatic N) is 2. The zero-order chi connectivity index (χ0) is 14.7. The van der Waals surface area contributed by atoms with Crippen molar-refractivity contribution in [2.24, 2.45) is 0 Å². The van der Waals surface area contributed by atoms with Crippen molar-refractivity contribution >= 4 is 17.0 Å². The first kappa shape index (κ1) is 13.3. The minimum atomic E-state index is 0.464. The number of benzene rings is 2. The molecule has 0 aliphatic rings. The van der Waals surface area contributed by atoms with Crippen molar-refractivity contribution in [2.45, 2.75) is 6.54 Å². The van der Waals surface area contributed by atoms with Gasteiger partial charge in [0.15, 0.2) is 0 Å². The normalized spacial score (nSPS) is 10.7. The maximum atomic E-state index is 6.00. The molecule has 0 bridgehead atoms. The SMILES string of the molecule is COc1cccc2c1nc(N)n2CCOc1ccccc1. The van der Waals surface area contributed by atoms with Gasteiger partial charge in [0.2, 0.25) is 5.95 Å². The molecule has 3 rings (SSSR count). The molecule has 0 spiro atoms. The zero-order valence-electron chi connectivity index (χ0n) is 11.8. The molecule has 5 heteroatoms. The third-order valence-corrected chi connectivity index (χ3v) is 3.32. The molecular weight excluding hydrogens is 266 g/mol. The molecule has 21 heavy (non-hydrogen) atoms. The quantitative estimate of drug-likeness (QED) is 0.782. The van der Waals surface area contributed by atoms with Crippen molar-refractivity contribution in [1.29, 1.82) is 0 Å². The van der Waals surface area contributed by atoms with Gasteiger partial charge in [-0.05, 0) is 24.3 Å². The molecule has 3 aromatic rings. The highest BCUT2D eigenvalue weighted by atomic mass is 16.5. The first-order chi connectivity index (χ1) is 10.3. The molecule has 5 nitrogen and oxygen atoms in total. The molecule has 2 N–H and O–H groups in total. The summed E-state index contributed by atoms with van der Waals surface area (Å²) in [7, 11) is 1.63. The monoisotopic (exact) mass is 283 g/mol. The van der Waals surface area contributed by atoms with Crippen molar-refractivity contribution in [3.05, 3.63) is 48.5 Å². The lowest BCUT2D eigenvalue weighted by Gasteiger charge is -2.09. The Morgan fingerprint density at radius 2 is 1.90 bits per heavy atom. The van der Waals surface area contributed by atoms with Crippen LogP contribution in [0.3, 0.4) is 0 Å². The van der Waals surface area contributed by atoms with Crippen LogP contribution in [0.15, 0.2) is 48.5 Å². The van der Waals surface area contributed by atoms with E-state index in [4.69, 9.17) is 15.2 Å². The van der Waals surface area contributed by atoms with E-state index in [-0.39, 0.29) is 0 Å². The van der Waals surface area contributed by atoms with Crippen molar-refractivity contribution in [3.8, 4) is 11.5 Å². The maximum absolute atomic E-state index is 6.00. The molecular formula is C16H17N3O2. The summed E-state index contributed by atoms with van der Waals surface area (Å²) in [5.74, 6) is 2.03. The number of nitrogen functional groups attached to an aromatic ring is 1. The Balaban J connectivity index is 1.79. The van der Waals surface area contributed by atoms with Crippen LogP contribution in [0.5, 0.6) is 11.5 Å². The topological polar surface area (TPSA) is 62.3 Å². The van der Waals surface area contributed by atoms with Gasteiger partial charge >= 0.3 is 0 Å². The second-order valence-corrected chi connectivity index (χ2v) is 4.61. The average Bonchev–Trinajstić information content (AvgIpc) is 2.84. The van der Waals surface area contributed by atoms with Crippen LogP contribution in [-0.4, -0.2) is 23.3 Å². The number of anilines is 1. The van der Waals surface area contributed by atoms with Gasteiger partial charge in [-0.2, -0.15) is 0 Å². The summed E-state index contributed by atoms with van der Waals surface area (Å²) in [6.07, 6.45) is 0. The van der Waals surface area contributed by atoms with Gasteiger partial charge < -0.3 is 19.8 Å². The Morgan fingerprint density at radius 1 is 1.10 bits per heavy atom. The molecule has 0 saturated heterocycles. The van der Waals surface area contributed by atoms with Crippen LogP contribution < -0.4 is 15.2 Å². The summed E-state index contributed by atoms with van der Waals surface area (Å²) in [6, 6.07) is 15.5. The van der Waals surface area contributed by atoms with Crippen LogP contribution >= 0.6 is 0 Å². The second kappa shape index (κ2) is 5.75. The lowest BCUT2D eigenvalue weighted by atomic mass is 10.3. The van der Waals surface area contributed by atoms with E-state index in [0.717, 1.165) is 22.5 Å². The largest absolute Gasteiger partial charge is 0.494 e. The first-order valence-electron chi connectivity index (χ1n) is 6.76. The van der Waals surface area contributed by atoms with Crippen molar-refractivity contribution < 1.29 is 9.47 Å². The van der Waals surface area contributed by atoms with E-state index in [1.54, 1.807) is 7.11 Å². The van der Waals surface area contributed by atoms with Gasteiger partial charge in [-0.15, -0.1) is 0 Å². The molecule has 1 aromatic heterocycles. The fraction of sp³-hybridized carbons (Fsp3) is 0.188. The van der Waals surface area contributed by atoms with E-state index in [9.17, 15) is 0 Å². The van der Waals surface area contributed by atoms with Crippen molar-refractivity contribution in [3.63, 3.8) is 0 Å². The summed E-state index contributed by atoms with van der Waals surface area (Å²) in [5.41, 5.74) is 7.72. The number of ether oxygens (including phenoxy) is 2. The zero-order valence-corrected chi connectivity index (χ0v) is 11.8. The van der Waals surface area contributed by atoms with Crippen LogP contribution in [-0.2, 0) is 6.54 Å². The van der Waals surface area contributed by atoms with Crippen LogP contribution in [0.2, 0.25) is 0 Å². The Morgan fingerprint density at radius 3 is 2.67 bits per heavy atom. The Bertz CT molecular complexity index is 738. The van der Waals surface area contributed by atoms with Gasteiger partial charge in [0, 0.05) is 0 Å². The number of imidazole rings is 1. The van der Waals surface area contributed by atoms with Gasteiger partial charge in [-0.1, -0.05) is 24.3 Å². The van der Waals surface area contributed by atoms with Crippen molar-refractivity contribution in [2.75, 3.05) is 19.5 Å². The molecule has 2 aromatic carbocycles. The van der Waals surface area contributed by atoms with Gasteiger partial charge in [-0.3, -0.25) is 0 Å². The molecule has 108 valence electrons. The highest BCUT2D eigenvalue weighted by Gasteiger charge is 2.11. The summed E-state index contributed by atoms with van der Waals surface area (Å²) < 4.78 is 12.9. The summed E-state index contributed by atoms with van der Waals surface area (Å²) >= 11 is 0. The molecule has 0 atom stereocenters. The summed E-state index contributed by atoms with van der Waals surface area (Å²) in [4.78, 5) is 4.37. The van der Waals surface area contributed by atoms with Crippen LogP contribution in [0, 0.1) is 0 Å². The maximum Gasteiger partial charge on any atom is 0.201 e. The Hall–Kier alpha value is -2.69. The highest BCUT2D eigenvalue weighted by molar-refractivity contribution is 5.84. The number of hydrogen-bond acceptors (Lipinski definition) is 4. The molecule has 0 fully saturated rings. The highest BCUT2D eigenvalue weighted by Crippen LogP contribution is 2.26. The first-order valence-corrected chi connectivity index (χ1v) is 6.76. The number of hydrogen-bond donors (Lipinski definition) is 1. The predicted octanol–water partition coefficient (Wildman–Crippen LogP) is 2.71. The fourth-order valence-electron chi connectivity index (χ4n) is 2.31. The molecule has 1 heterocycles. The molecule has 0 radical (unpaired) electrons. The molecule has 0 unspecified atom stereocenters. The standard InChI is InChI=1S/C16H17N3O2/c1-20-14-9-5-8-13-15(14)18-16(17)19(13)10-11-21-12-6-3-2-4-7-12/h2-9H,10-11H2,1H3,(H2,17,18). The Kier molecular flexibility index (Phi) is 3.64. The lowest BCUT2D eigenvalue weighted by Crippen LogP contribution is -2.10. The smallest absolute Gasteiger partial charge is 0.201 e. The fourth-order valence-corrected chi connectivity index (χ4v) is 2.31. The summed E-state index contributed by atoms with van der Waals surface area (Å²) in [6.45, 7) is 1.15. The minimum Gasteiger partial charge on any atom is -0.494 e. The number of aromatic nitrogens is 2. The van der Waals surface area contributed by atoms with Crippen molar-refractivity contribution in [1.82, 2.24) is 9.55 Å². The van der Waals surface area contributed by atoms with Crippen LogP contribution in [0.4, 0.5) is 5.95 Å². The second-order valence-electron chi connectivity index (χ2n) is 4.61. The third kappa shape index (κ3) is 2.63. The molecule has 0 aliphatic carbocycles. The predicted molar refractivity (Wildman–Crippen MR) is 82.6 cm³/mol. The lowest BCUT2D eigenvalue weighted by molar-refractivity contribution is 0.301. The molecule has 0 amide bonds. The van der Waals surface area contributed by atoms with E-state index < -0.39 is 0 Å². The van der Waals surface area contributed by atoms with E-state index in [1.807, 2.05) is 53.1 Å². The summed E-state index contributed by atoms with van der Waals surface area (Å²) in [5, 5.41) is 0. The van der Waals surface area contributed by atoms with E-state index >= 15 is 0 Å². The van der Waals surface area contributed by atoms with E-state index in [2.05, 4.69) is 4.98 Å². The number of para-hydroxylation sites is 2. The van der Waals surface area contributed by atoms with Crippen LogP contribution in [0.1, 0.15) is 0 Å². The number of fused-ring (bicyclic) bond motifs is 1. The molecule has 0 saturated carbocycles. The van der Waals surface area contributed by atoms with Gasteiger partial charge in [0.25, 0.3) is 0 Å². The minimum absolute atomic E-state index is 0.464. The van der Waals surface area contributed by atoms with Gasteiger partial charge in [0.05, 0.1) is 19.2 Å². The van der Waals surface area contributed by atoms with Gasteiger partial charge in [0.1, 0.15) is 23.6 Å². The van der Waals surface area contributed by atoms with Gasteiger partial charge in [-0.25, -0.2) is 4.98 Å². The van der Waals surface area contributed by atoms with Crippen LogP contribution in [0.25, 0.3) is 11.0 Å². The average molecular weight is 283 g/mol. The van der Waals surface area contributed by atoms with E-state index in [1.165, 1.54) is 0 Å². The number of nitrogens with two attached hydrogens (primary N) is 1.